The largest absolute Gasteiger partial charge is 0.508 e. The Kier molecular flexibility index (Phi) is 6.04. The molecular weight excluding hydrogens is 548 g/mol. The molecule has 5 aliphatic rings. The Morgan fingerprint density at radius 3 is 2.67 bits per heavy atom. The van der Waals surface area contributed by atoms with Crippen molar-refractivity contribution in [2.45, 2.75) is 82.1 Å². The molecule has 4 atom stereocenters. The number of carbonyl (C=O) groups excluding carboxylic acids is 1. The maximum Gasteiger partial charge on any atom is 0.252 e. The summed E-state index contributed by atoms with van der Waals surface area (Å²) in [6.07, 6.45) is 2.49. The van der Waals surface area contributed by atoms with Crippen LogP contribution in [0.4, 0.5) is 0 Å². The van der Waals surface area contributed by atoms with Crippen LogP contribution in [0.2, 0.25) is 0 Å². The molecule has 10 nitrogen and oxygen atoms in total. The van der Waals surface area contributed by atoms with Crippen LogP contribution in [0.3, 0.4) is 0 Å². The molecule has 2 bridgehead atoms. The Labute approximate surface area is 250 Å². The molecule has 8 rings (SSSR count). The van der Waals surface area contributed by atoms with E-state index in [0.717, 1.165) is 29.8 Å². The molecule has 4 N–H and O–H groups in total. The molecule has 1 amide bonds. The summed E-state index contributed by atoms with van der Waals surface area (Å²) in [6.45, 7) is 5.16. The lowest BCUT2D eigenvalue weighted by Gasteiger charge is -2.62. The maximum atomic E-state index is 14.0. The molecule has 2 aliphatic heterocycles. The van der Waals surface area contributed by atoms with Crippen LogP contribution in [0.25, 0.3) is 11.4 Å². The zero-order valence-corrected chi connectivity index (χ0v) is 23.6. The van der Waals surface area contributed by atoms with Gasteiger partial charge in [-0.15, -0.1) is 0 Å². The lowest BCUT2D eigenvalue weighted by atomic mass is 9.49. The lowest BCUT2D eigenvalue weighted by Crippen LogP contribution is -2.76. The number of aliphatic hydroxyl groups is 2. The Hall–Kier alpha value is -3.89. The lowest BCUT2D eigenvalue weighted by molar-refractivity contribution is -0.172. The molecule has 0 unspecified atom stereocenters. The first-order valence-electron chi connectivity index (χ1n) is 14.7. The zero-order chi connectivity index (χ0) is 29.0. The molecule has 0 radical (unpaired) electrons. The number of hydrogen-bond acceptors (Lipinski definition) is 9. The van der Waals surface area contributed by atoms with Crippen molar-refractivity contribution in [1.82, 2.24) is 20.4 Å². The van der Waals surface area contributed by atoms with E-state index >= 15 is 0 Å². The number of phenols is 1. The molecule has 1 saturated heterocycles. The first-order chi connectivity index (χ1) is 20.1. The van der Waals surface area contributed by atoms with Gasteiger partial charge in [0.25, 0.3) is 11.8 Å². The van der Waals surface area contributed by atoms with Crippen LogP contribution in [0.5, 0.6) is 11.5 Å². The predicted octanol–water partition coefficient (Wildman–Crippen LogP) is 4.12. The number of phenolic OH excluding ortho intramolecular Hbond substituents is 1. The molecule has 3 aromatic rings. The van der Waals surface area contributed by atoms with Gasteiger partial charge in [0.15, 0.2) is 17.6 Å². The van der Waals surface area contributed by atoms with E-state index in [1.54, 1.807) is 19.9 Å². The Morgan fingerprint density at radius 1 is 1.16 bits per heavy atom. The van der Waals surface area contributed by atoms with Crippen molar-refractivity contribution in [3.8, 4) is 22.9 Å². The van der Waals surface area contributed by atoms with Crippen molar-refractivity contribution in [3.05, 3.63) is 70.8 Å². The number of ether oxygens (including phenoxy) is 1. The van der Waals surface area contributed by atoms with Crippen molar-refractivity contribution < 1.29 is 29.4 Å². The quantitative estimate of drug-likeness (QED) is 0.336. The number of amides is 1. The van der Waals surface area contributed by atoms with E-state index in [4.69, 9.17) is 9.26 Å². The fourth-order valence-corrected chi connectivity index (χ4v) is 7.96. The summed E-state index contributed by atoms with van der Waals surface area (Å²) in [5.74, 6) is 0.777. The summed E-state index contributed by atoms with van der Waals surface area (Å²) in [5.41, 5.74) is -0.757. The number of aliphatic hydroxyl groups excluding tert-OH is 1. The van der Waals surface area contributed by atoms with Crippen molar-refractivity contribution in [3.63, 3.8) is 0 Å². The molecular formula is C33H38N4O6. The topological polar surface area (TPSA) is 141 Å². The molecule has 43 heavy (non-hydrogen) atoms. The summed E-state index contributed by atoms with van der Waals surface area (Å²) >= 11 is 0. The SMILES string of the molecule is C.CC(C)(NC(=O)C1=C(O)[C@@H]2Oc3c(O)ccc4c3[C@@]23CCN(CC2CC2)[C@H](C4)[C@]3(O)C1)c1nc(-c2ccccc2)no1. The van der Waals surface area contributed by atoms with Gasteiger partial charge in [0.1, 0.15) is 11.3 Å². The van der Waals surface area contributed by atoms with E-state index < -0.39 is 28.6 Å². The van der Waals surface area contributed by atoms with Gasteiger partial charge >= 0.3 is 0 Å². The van der Waals surface area contributed by atoms with Gasteiger partial charge in [0.05, 0.1) is 16.6 Å². The number of likely N-dealkylation sites (tertiary alicyclic amines) is 1. The Balaban J connectivity index is 0.00000300. The molecule has 1 spiro atoms. The van der Waals surface area contributed by atoms with Crippen LogP contribution < -0.4 is 10.1 Å². The minimum absolute atomic E-state index is 0. The summed E-state index contributed by atoms with van der Waals surface area (Å²) in [7, 11) is 0. The number of nitrogens with one attached hydrogen (secondary N) is 1. The van der Waals surface area contributed by atoms with Crippen LogP contribution in [-0.4, -0.2) is 67.1 Å². The molecule has 2 aromatic carbocycles. The van der Waals surface area contributed by atoms with E-state index in [-0.39, 0.29) is 42.9 Å². The molecule has 226 valence electrons. The van der Waals surface area contributed by atoms with Crippen LogP contribution in [0, 0.1) is 5.92 Å². The Morgan fingerprint density at radius 2 is 1.93 bits per heavy atom. The van der Waals surface area contributed by atoms with Crippen LogP contribution in [0.15, 0.2) is 58.3 Å². The highest BCUT2D eigenvalue weighted by Gasteiger charge is 2.73. The number of aromatic nitrogens is 2. The van der Waals surface area contributed by atoms with Crippen molar-refractivity contribution in [2.75, 3.05) is 13.1 Å². The first kappa shape index (κ1) is 27.9. The number of carbonyl (C=O) groups is 1. The van der Waals surface area contributed by atoms with Gasteiger partial charge in [-0.2, -0.15) is 4.98 Å². The Bertz CT molecular complexity index is 1650. The minimum atomic E-state index is -1.38. The average Bonchev–Trinajstić information content (AvgIpc) is 3.48. The summed E-state index contributed by atoms with van der Waals surface area (Å²) < 4.78 is 11.9. The van der Waals surface area contributed by atoms with Gasteiger partial charge < -0.3 is 29.9 Å². The van der Waals surface area contributed by atoms with Gasteiger partial charge in [0, 0.05) is 30.1 Å². The molecule has 2 fully saturated rings. The van der Waals surface area contributed by atoms with Gasteiger partial charge in [-0.25, -0.2) is 0 Å². The normalized spacial score (nSPS) is 29.0. The summed E-state index contributed by atoms with van der Waals surface area (Å²) in [6, 6.07) is 12.7. The van der Waals surface area contributed by atoms with E-state index in [0.29, 0.717) is 30.3 Å². The number of benzene rings is 2. The molecule has 3 heterocycles. The van der Waals surface area contributed by atoms with E-state index in [1.165, 1.54) is 12.8 Å². The first-order valence-corrected chi connectivity index (χ1v) is 14.7. The molecule has 1 aromatic heterocycles. The third-order valence-corrected chi connectivity index (χ3v) is 10.2. The van der Waals surface area contributed by atoms with Crippen LogP contribution in [-0.2, 0) is 22.2 Å². The highest BCUT2D eigenvalue weighted by molar-refractivity contribution is 5.95. The van der Waals surface area contributed by atoms with Gasteiger partial charge in [0.2, 0.25) is 5.82 Å². The summed E-state index contributed by atoms with van der Waals surface area (Å²) in [5, 5.41) is 42.4. The highest BCUT2D eigenvalue weighted by atomic mass is 16.5. The number of nitrogens with zero attached hydrogens (tertiary/aromatic N) is 3. The van der Waals surface area contributed by atoms with Crippen molar-refractivity contribution in [1.29, 1.82) is 0 Å². The molecule has 1 saturated carbocycles. The van der Waals surface area contributed by atoms with Gasteiger partial charge in [-0.05, 0) is 63.6 Å². The van der Waals surface area contributed by atoms with Crippen LogP contribution in [0.1, 0.15) is 64.0 Å². The third-order valence-electron chi connectivity index (χ3n) is 10.2. The second-order valence-electron chi connectivity index (χ2n) is 13.2. The number of hydrogen-bond donors (Lipinski definition) is 4. The van der Waals surface area contributed by atoms with E-state index in [9.17, 15) is 20.1 Å². The fraction of sp³-hybridized carbons (Fsp3) is 0.485. The van der Waals surface area contributed by atoms with E-state index in [1.807, 2.05) is 36.4 Å². The molecule has 10 heteroatoms. The van der Waals surface area contributed by atoms with Crippen molar-refractivity contribution in [2.24, 2.45) is 5.92 Å². The smallest absolute Gasteiger partial charge is 0.252 e. The van der Waals surface area contributed by atoms with Crippen molar-refractivity contribution >= 4 is 5.91 Å². The standard InChI is InChI=1S/C32H34N4O6.CH4/c1-30(2,29-33-27(35-42-29)18-6-4-3-5-7-18)34-28(39)20-15-32(40)22-14-19-10-11-21(37)25-23(19)31(32,26(41-25)24(20)38)12-13-36(22)16-17-8-9-17;/h3-7,10-11,17,22,26,37-38,40H,8-9,12-16H2,1-2H3,(H,34,39);1H4/t22-,26+,31+,32-;/m1./s1. The fourth-order valence-electron chi connectivity index (χ4n) is 7.96. The second-order valence-corrected chi connectivity index (χ2v) is 13.2. The zero-order valence-electron chi connectivity index (χ0n) is 23.6. The minimum Gasteiger partial charge on any atom is -0.508 e. The predicted molar refractivity (Wildman–Crippen MR) is 157 cm³/mol. The maximum absolute atomic E-state index is 14.0. The number of piperidine rings is 1. The van der Waals surface area contributed by atoms with E-state index in [2.05, 4.69) is 20.4 Å². The second kappa shape index (κ2) is 9.30. The van der Waals surface area contributed by atoms with Gasteiger partial charge in [-0.3, -0.25) is 9.69 Å². The average molecular weight is 587 g/mol. The summed E-state index contributed by atoms with van der Waals surface area (Å²) in [4.78, 5) is 20.9. The monoisotopic (exact) mass is 586 g/mol. The number of aromatic hydroxyl groups is 1. The number of rotatable bonds is 6. The molecule has 3 aliphatic carbocycles. The third kappa shape index (κ3) is 3.82. The van der Waals surface area contributed by atoms with Crippen LogP contribution >= 0.6 is 0 Å². The van der Waals surface area contributed by atoms with Gasteiger partial charge in [-0.1, -0.05) is 49.0 Å². The highest BCUT2D eigenvalue weighted by Crippen LogP contribution is 2.66.